The van der Waals surface area contributed by atoms with E-state index in [-0.39, 0.29) is 24.9 Å². The minimum atomic E-state index is -0.403. The highest BCUT2D eigenvalue weighted by Gasteiger charge is 2.24. The Labute approximate surface area is 76.0 Å². The van der Waals surface area contributed by atoms with Crippen LogP contribution in [0.5, 0.6) is 0 Å². The number of carbonyl (C=O) groups is 2. The summed E-state index contributed by atoms with van der Waals surface area (Å²) in [6.45, 7) is 0.949. The predicted molar refractivity (Wildman–Crippen MR) is 41.9 cm³/mol. The van der Waals surface area contributed by atoms with Crippen molar-refractivity contribution in [3.8, 4) is 0 Å². The van der Waals surface area contributed by atoms with Crippen LogP contribution in [0.2, 0.25) is 0 Å². The molecule has 0 bridgehead atoms. The third-order valence-corrected chi connectivity index (χ3v) is 1.59. The molecular formula is C8H12O5. The van der Waals surface area contributed by atoms with Crippen molar-refractivity contribution in [2.45, 2.75) is 18.9 Å². The van der Waals surface area contributed by atoms with Crippen LogP contribution in [-0.2, 0) is 23.8 Å². The van der Waals surface area contributed by atoms with E-state index >= 15 is 0 Å². The molecule has 0 N–H and O–H groups in total. The van der Waals surface area contributed by atoms with Crippen LogP contribution in [0.4, 0.5) is 0 Å². The van der Waals surface area contributed by atoms with Crippen molar-refractivity contribution in [1.82, 2.24) is 0 Å². The first-order valence-corrected chi connectivity index (χ1v) is 4.06. The normalized spacial score (nSPS) is 19.3. The fraction of sp³-hybridized carbons (Fsp3) is 0.750. The third kappa shape index (κ3) is 4.47. The number of rotatable bonds is 5. The van der Waals surface area contributed by atoms with Crippen LogP contribution < -0.4 is 0 Å². The van der Waals surface area contributed by atoms with Gasteiger partial charge in [0.25, 0.3) is 0 Å². The molecule has 1 rings (SSSR count). The van der Waals surface area contributed by atoms with E-state index in [2.05, 4.69) is 4.74 Å². The van der Waals surface area contributed by atoms with E-state index in [0.717, 1.165) is 0 Å². The fourth-order valence-corrected chi connectivity index (χ4v) is 0.729. The molecule has 1 atom stereocenters. The Morgan fingerprint density at radius 2 is 2.00 bits per heavy atom. The van der Waals surface area contributed by atoms with Crippen molar-refractivity contribution < 1.29 is 23.8 Å². The molecule has 0 aliphatic carbocycles. The van der Waals surface area contributed by atoms with Gasteiger partial charge in [0.05, 0.1) is 26.6 Å². The first kappa shape index (κ1) is 9.98. The molecule has 0 saturated carbocycles. The maximum absolute atomic E-state index is 10.9. The number of methoxy groups -OCH3 is 1. The number of hydrogen-bond acceptors (Lipinski definition) is 5. The minimum absolute atomic E-state index is 0.0688. The minimum Gasteiger partial charge on any atom is -0.469 e. The molecule has 0 aromatic heterocycles. The Kier molecular flexibility index (Phi) is 3.70. The van der Waals surface area contributed by atoms with Gasteiger partial charge in [-0.1, -0.05) is 0 Å². The molecule has 0 aromatic carbocycles. The van der Waals surface area contributed by atoms with E-state index in [0.29, 0.717) is 13.2 Å². The van der Waals surface area contributed by atoms with Crippen molar-refractivity contribution in [3.63, 3.8) is 0 Å². The van der Waals surface area contributed by atoms with Gasteiger partial charge in [0, 0.05) is 0 Å². The second kappa shape index (κ2) is 4.81. The molecule has 1 fully saturated rings. The lowest BCUT2D eigenvalue weighted by molar-refractivity contribution is -0.149. The van der Waals surface area contributed by atoms with Gasteiger partial charge in [-0.25, -0.2) is 0 Å². The Morgan fingerprint density at radius 1 is 1.38 bits per heavy atom. The summed E-state index contributed by atoms with van der Waals surface area (Å²) in [5.41, 5.74) is 0. The number of ether oxygens (including phenoxy) is 3. The van der Waals surface area contributed by atoms with Gasteiger partial charge >= 0.3 is 11.9 Å². The summed E-state index contributed by atoms with van der Waals surface area (Å²) in [6, 6.07) is 0. The molecule has 1 aliphatic heterocycles. The largest absolute Gasteiger partial charge is 0.469 e. The van der Waals surface area contributed by atoms with E-state index in [1.54, 1.807) is 0 Å². The van der Waals surface area contributed by atoms with Crippen LogP contribution >= 0.6 is 0 Å². The summed E-state index contributed by atoms with van der Waals surface area (Å²) < 4.78 is 14.0. The summed E-state index contributed by atoms with van der Waals surface area (Å²) in [5, 5.41) is 0. The van der Waals surface area contributed by atoms with E-state index in [9.17, 15) is 9.59 Å². The van der Waals surface area contributed by atoms with Crippen LogP contribution in [0.1, 0.15) is 12.8 Å². The Hall–Kier alpha value is -1.10. The lowest BCUT2D eigenvalue weighted by atomic mass is 10.3. The maximum Gasteiger partial charge on any atom is 0.306 e. The van der Waals surface area contributed by atoms with Crippen LogP contribution in [0, 0.1) is 0 Å². The van der Waals surface area contributed by atoms with Crippen LogP contribution in [0.15, 0.2) is 0 Å². The lowest BCUT2D eigenvalue weighted by Crippen LogP contribution is -2.11. The summed E-state index contributed by atoms with van der Waals surface area (Å²) in [5.74, 6) is -0.791. The molecule has 0 radical (unpaired) electrons. The second-order valence-corrected chi connectivity index (χ2v) is 2.71. The quantitative estimate of drug-likeness (QED) is 0.444. The first-order valence-electron chi connectivity index (χ1n) is 4.06. The van der Waals surface area contributed by atoms with Crippen LogP contribution in [0.25, 0.3) is 0 Å². The molecule has 1 saturated heterocycles. The zero-order valence-electron chi connectivity index (χ0n) is 7.45. The smallest absolute Gasteiger partial charge is 0.306 e. The zero-order valence-corrected chi connectivity index (χ0v) is 7.45. The Bertz CT molecular complexity index is 197. The predicted octanol–water partition coefficient (Wildman–Crippen LogP) is -0.118. The summed E-state index contributed by atoms with van der Waals surface area (Å²) in [6.07, 6.45) is 0.211. The molecule has 1 unspecified atom stereocenters. The first-order chi connectivity index (χ1) is 6.22. The monoisotopic (exact) mass is 188 g/mol. The Morgan fingerprint density at radius 3 is 2.54 bits per heavy atom. The molecule has 5 heteroatoms. The van der Waals surface area contributed by atoms with Crippen LogP contribution in [0.3, 0.4) is 0 Å². The van der Waals surface area contributed by atoms with Gasteiger partial charge in [-0.3, -0.25) is 9.59 Å². The summed E-state index contributed by atoms with van der Waals surface area (Å²) in [4.78, 5) is 21.5. The average Bonchev–Trinajstić information content (AvgIpc) is 2.94. The van der Waals surface area contributed by atoms with Gasteiger partial charge in [0.15, 0.2) is 0 Å². The van der Waals surface area contributed by atoms with E-state index in [4.69, 9.17) is 9.47 Å². The molecule has 0 amide bonds. The zero-order chi connectivity index (χ0) is 9.68. The van der Waals surface area contributed by atoms with E-state index in [1.807, 2.05) is 0 Å². The summed E-state index contributed by atoms with van der Waals surface area (Å²) >= 11 is 0. The molecule has 74 valence electrons. The Balaban J connectivity index is 1.99. The van der Waals surface area contributed by atoms with Crippen molar-refractivity contribution in [3.05, 3.63) is 0 Å². The van der Waals surface area contributed by atoms with Crippen LogP contribution in [-0.4, -0.2) is 38.4 Å². The van der Waals surface area contributed by atoms with Gasteiger partial charge in [-0.05, 0) is 0 Å². The average molecular weight is 188 g/mol. The molecule has 1 heterocycles. The van der Waals surface area contributed by atoms with E-state index < -0.39 is 5.97 Å². The van der Waals surface area contributed by atoms with Crippen molar-refractivity contribution in [2.24, 2.45) is 0 Å². The second-order valence-electron chi connectivity index (χ2n) is 2.71. The summed E-state index contributed by atoms with van der Waals surface area (Å²) in [7, 11) is 1.28. The SMILES string of the molecule is COC(=O)CCC(=O)OCC1CO1. The van der Waals surface area contributed by atoms with Crippen molar-refractivity contribution in [1.29, 1.82) is 0 Å². The highest BCUT2D eigenvalue weighted by Crippen LogP contribution is 2.09. The molecule has 1 aliphatic rings. The molecule has 0 aromatic rings. The van der Waals surface area contributed by atoms with Gasteiger partial charge in [-0.15, -0.1) is 0 Å². The lowest BCUT2D eigenvalue weighted by Gasteiger charge is -2.01. The van der Waals surface area contributed by atoms with Gasteiger partial charge in [-0.2, -0.15) is 0 Å². The van der Waals surface area contributed by atoms with Crippen molar-refractivity contribution in [2.75, 3.05) is 20.3 Å². The number of epoxide rings is 1. The highest BCUT2D eigenvalue weighted by molar-refractivity contribution is 5.77. The van der Waals surface area contributed by atoms with Gasteiger partial charge in [0.2, 0.25) is 0 Å². The van der Waals surface area contributed by atoms with E-state index in [1.165, 1.54) is 7.11 Å². The van der Waals surface area contributed by atoms with Crippen molar-refractivity contribution >= 4 is 11.9 Å². The number of hydrogen-bond donors (Lipinski definition) is 0. The number of carbonyl (C=O) groups excluding carboxylic acids is 2. The van der Waals surface area contributed by atoms with Gasteiger partial charge in [0.1, 0.15) is 12.7 Å². The molecule has 5 nitrogen and oxygen atoms in total. The number of esters is 2. The standard InChI is InChI=1S/C8H12O5/c1-11-7(9)2-3-8(10)13-5-6-4-12-6/h6H,2-5H2,1H3. The molecular weight excluding hydrogens is 176 g/mol. The topological polar surface area (TPSA) is 65.1 Å². The third-order valence-electron chi connectivity index (χ3n) is 1.59. The van der Waals surface area contributed by atoms with Gasteiger partial charge < -0.3 is 14.2 Å². The maximum atomic E-state index is 10.9. The molecule has 0 spiro atoms. The molecule has 13 heavy (non-hydrogen) atoms. The fourth-order valence-electron chi connectivity index (χ4n) is 0.729. The highest BCUT2D eigenvalue weighted by atomic mass is 16.6.